The molecular formula is C25H33N5O2. The summed E-state index contributed by atoms with van der Waals surface area (Å²) < 4.78 is 0. The molecule has 0 bridgehead atoms. The Morgan fingerprint density at radius 2 is 1.69 bits per heavy atom. The van der Waals surface area contributed by atoms with E-state index in [2.05, 4.69) is 27.8 Å². The number of hydrazine groups is 1. The molecule has 1 atom stereocenters. The maximum absolute atomic E-state index is 12.6. The van der Waals surface area contributed by atoms with Crippen LogP contribution in [0.2, 0.25) is 0 Å². The van der Waals surface area contributed by atoms with Crippen LogP contribution >= 0.6 is 0 Å². The number of rotatable bonds is 6. The highest BCUT2D eigenvalue weighted by Crippen LogP contribution is 2.33. The molecule has 4 rings (SSSR count). The van der Waals surface area contributed by atoms with Crippen molar-refractivity contribution in [2.45, 2.75) is 44.7 Å². The van der Waals surface area contributed by atoms with E-state index < -0.39 is 0 Å². The molecule has 2 heterocycles. The molecule has 32 heavy (non-hydrogen) atoms. The fraction of sp³-hybridized carbons (Fsp3) is 0.440. The molecule has 0 aromatic heterocycles. The summed E-state index contributed by atoms with van der Waals surface area (Å²) in [5.41, 5.74) is 6.39. The first kappa shape index (κ1) is 22.3. The zero-order valence-electron chi connectivity index (χ0n) is 19.1. The van der Waals surface area contributed by atoms with E-state index in [1.807, 2.05) is 56.3 Å². The van der Waals surface area contributed by atoms with Crippen molar-refractivity contribution in [1.82, 2.24) is 20.7 Å². The molecule has 1 unspecified atom stereocenters. The van der Waals surface area contributed by atoms with Crippen molar-refractivity contribution in [3.63, 3.8) is 0 Å². The molecule has 170 valence electrons. The second-order valence-corrected chi connectivity index (χ2v) is 8.82. The molecule has 3 amide bonds. The van der Waals surface area contributed by atoms with E-state index in [0.717, 1.165) is 37.2 Å². The molecule has 7 nitrogen and oxygen atoms in total. The number of hydrogen-bond acceptors (Lipinski definition) is 4. The summed E-state index contributed by atoms with van der Waals surface area (Å²) in [6, 6.07) is 18.2. The standard InChI is InChI=1S/C25H33N5O2/c1-18(2)30-25(32)29(17-27-30)22-11-9-19(10-12-22)20-13-15-28(16-14-20)23(24(31)26-3)21-7-5-4-6-8-21/h4-12,18,20,23,27H,13-17H2,1-3H3,(H,26,31). The summed E-state index contributed by atoms with van der Waals surface area (Å²) >= 11 is 0. The lowest BCUT2D eigenvalue weighted by atomic mass is 9.88. The summed E-state index contributed by atoms with van der Waals surface area (Å²) in [7, 11) is 1.70. The van der Waals surface area contributed by atoms with E-state index >= 15 is 0 Å². The number of benzene rings is 2. The van der Waals surface area contributed by atoms with Crippen LogP contribution in [0.3, 0.4) is 0 Å². The minimum Gasteiger partial charge on any atom is -0.358 e. The van der Waals surface area contributed by atoms with Gasteiger partial charge in [-0.2, -0.15) is 0 Å². The number of urea groups is 1. The van der Waals surface area contributed by atoms with Gasteiger partial charge in [-0.05, 0) is 69.0 Å². The van der Waals surface area contributed by atoms with Gasteiger partial charge in [-0.3, -0.25) is 19.6 Å². The van der Waals surface area contributed by atoms with Crippen molar-refractivity contribution in [3.8, 4) is 0 Å². The lowest BCUT2D eigenvalue weighted by Gasteiger charge is -2.37. The highest BCUT2D eigenvalue weighted by molar-refractivity contribution is 5.93. The first-order valence-electron chi connectivity index (χ1n) is 11.4. The number of nitrogens with one attached hydrogen (secondary N) is 2. The number of anilines is 1. The van der Waals surface area contributed by atoms with Gasteiger partial charge in [0.2, 0.25) is 5.91 Å². The number of piperidine rings is 1. The Labute approximate surface area is 190 Å². The SMILES string of the molecule is CNC(=O)C(c1ccccc1)N1CCC(c2ccc(N3CNN(C(C)C)C3=O)cc2)CC1. The summed E-state index contributed by atoms with van der Waals surface area (Å²) in [5, 5.41) is 4.49. The Bertz CT molecular complexity index is 923. The average molecular weight is 436 g/mol. The molecule has 0 aliphatic carbocycles. The molecule has 7 heteroatoms. The van der Waals surface area contributed by atoms with Gasteiger partial charge in [-0.15, -0.1) is 0 Å². The number of likely N-dealkylation sites (N-methyl/N-ethyl adjacent to an activating group) is 1. The van der Waals surface area contributed by atoms with Gasteiger partial charge >= 0.3 is 6.03 Å². The Hall–Kier alpha value is -2.90. The molecule has 0 saturated carbocycles. The summed E-state index contributed by atoms with van der Waals surface area (Å²) in [6.45, 7) is 6.23. The van der Waals surface area contributed by atoms with E-state index in [4.69, 9.17) is 0 Å². The molecule has 0 radical (unpaired) electrons. The van der Waals surface area contributed by atoms with E-state index in [1.165, 1.54) is 5.56 Å². The van der Waals surface area contributed by atoms with Crippen molar-refractivity contribution in [1.29, 1.82) is 0 Å². The molecule has 0 spiro atoms. The number of hydrogen-bond donors (Lipinski definition) is 2. The van der Waals surface area contributed by atoms with Gasteiger partial charge in [0.15, 0.2) is 0 Å². The van der Waals surface area contributed by atoms with Crippen LogP contribution in [0.1, 0.15) is 49.8 Å². The van der Waals surface area contributed by atoms with Gasteiger partial charge in [0.05, 0.1) is 6.67 Å². The van der Waals surface area contributed by atoms with Crippen molar-refractivity contribution < 1.29 is 9.59 Å². The molecule has 2 aliphatic rings. The predicted molar refractivity (Wildman–Crippen MR) is 126 cm³/mol. The number of nitrogens with zero attached hydrogens (tertiary/aromatic N) is 3. The molecule has 2 aromatic rings. The summed E-state index contributed by atoms with van der Waals surface area (Å²) in [6.07, 6.45) is 2.01. The lowest BCUT2D eigenvalue weighted by Crippen LogP contribution is -2.43. The number of carbonyl (C=O) groups is 2. The number of carbonyl (C=O) groups excluding carboxylic acids is 2. The summed E-state index contributed by atoms with van der Waals surface area (Å²) in [4.78, 5) is 29.3. The normalized spacial score (nSPS) is 18.9. The smallest absolute Gasteiger partial charge is 0.340 e. The highest BCUT2D eigenvalue weighted by Gasteiger charge is 2.32. The van der Waals surface area contributed by atoms with Gasteiger partial charge in [0.25, 0.3) is 0 Å². The average Bonchev–Trinajstić information content (AvgIpc) is 3.22. The summed E-state index contributed by atoms with van der Waals surface area (Å²) in [5.74, 6) is 0.499. The molecule has 2 saturated heterocycles. The minimum absolute atomic E-state index is 0.0118. The number of amides is 3. The molecular weight excluding hydrogens is 402 g/mol. The van der Waals surface area contributed by atoms with Gasteiger partial charge in [0.1, 0.15) is 6.04 Å². The molecule has 2 fully saturated rings. The topological polar surface area (TPSA) is 67.9 Å². The Morgan fingerprint density at radius 1 is 1.03 bits per heavy atom. The van der Waals surface area contributed by atoms with Gasteiger partial charge in [0, 0.05) is 18.8 Å². The third-order valence-electron chi connectivity index (χ3n) is 6.53. The van der Waals surface area contributed by atoms with Gasteiger partial charge < -0.3 is 5.32 Å². The highest BCUT2D eigenvalue weighted by atomic mass is 16.2. The van der Waals surface area contributed by atoms with Gasteiger partial charge in [-0.1, -0.05) is 42.5 Å². The van der Waals surface area contributed by atoms with Crippen LogP contribution in [-0.4, -0.2) is 54.7 Å². The predicted octanol–water partition coefficient (Wildman–Crippen LogP) is 3.47. The first-order valence-corrected chi connectivity index (χ1v) is 11.4. The third-order valence-corrected chi connectivity index (χ3v) is 6.53. The van der Waals surface area contributed by atoms with Crippen LogP contribution in [0.5, 0.6) is 0 Å². The molecule has 2 aliphatic heterocycles. The fourth-order valence-electron chi connectivity index (χ4n) is 4.73. The van der Waals surface area contributed by atoms with Crippen molar-refractivity contribution >= 4 is 17.6 Å². The van der Waals surface area contributed by atoms with Gasteiger partial charge in [-0.25, -0.2) is 10.2 Å². The van der Waals surface area contributed by atoms with E-state index in [9.17, 15) is 9.59 Å². The zero-order valence-corrected chi connectivity index (χ0v) is 19.1. The third kappa shape index (κ3) is 4.49. The zero-order chi connectivity index (χ0) is 22.7. The van der Waals surface area contributed by atoms with Crippen molar-refractivity contribution in [2.75, 3.05) is 31.7 Å². The van der Waals surface area contributed by atoms with Crippen LogP contribution in [0.4, 0.5) is 10.5 Å². The second-order valence-electron chi connectivity index (χ2n) is 8.82. The van der Waals surface area contributed by atoms with Crippen molar-refractivity contribution in [2.24, 2.45) is 0 Å². The Kier molecular flexibility index (Phi) is 6.77. The molecule has 2 N–H and O–H groups in total. The van der Waals surface area contributed by atoms with E-state index in [0.29, 0.717) is 12.6 Å². The first-order chi connectivity index (χ1) is 15.5. The monoisotopic (exact) mass is 435 g/mol. The van der Waals surface area contributed by atoms with Crippen LogP contribution in [0.25, 0.3) is 0 Å². The fourth-order valence-corrected chi connectivity index (χ4v) is 4.73. The van der Waals surface area contributed by atoms with Crippen LogP contribution < -0.4 is 15.6 Å². The Morgan fingerprint density at radius 3 is 2.25 bits per heavy atom. The van der Waals surface area contributed by atoms with Crippen LogP contribution in [0, 0.1) is 0 Å². The van der Waals surface area contributed by atoms with Crippen LogP contribution in [0.15, 0.2) is 54.6 Å². The maximum atomic E-state index is 12.6. The quantitative estimate of drug-likeness (QED) is 0.729. The van der Waals surface area contributed by atoms with Crippen molar-refractivity contribution in [3.05, 3.63) is 65.7 Å². The molecule has 2 aromatic carbocycles. The van der Waals surface area contributed by atoms with Crippen LogP contribution in [-0.2, 0) is 4.79 Å². The lowest BCUT2D eigenvalue weighted by molar-refractivity contribution is -0.126. The van der Waals surface area contributed by atoms with E-state index in [1.54, 1.807) is 17.0 Å². The Balaban J connectivity index is 1.40. The minimum atomic E-state index is -0.248. The van der Waals surface area contributed by atoms with E-state index in [-0.39, 0.29) is 24.0 Å². The number of likely N-dealkylation sites (tertiary alicyclic amines) is 1. The maximum Gasteiger partial charge on any atom is 0.340 e. The second kappa shape index (κ2) is 9.71. The largest absolute Gasteiger partial charge is 0.358 e.